The van der Waals surface area contributed by atoms with Gasteiger partial charge in [-0.2, -0.15) is 0 Å². The van der Waals surface area contributed by atoms with Crippen molar-refractivity contribution < 1.29 is 34.7 Å². The summed E-state index contributed by atoms with van der Waals surface area (Å²) in [6, 6.07) is 2.62. The fourth-order valence-corrected chi connectivity index (χ4v) is 1.22. The van der Waals surface area contributed by atoms with Crippen molar-refractivity contribution in [1.29, 1.82) is 0 Å². The molecule has 0 aliphatic carbocycles. The highest BCUT2D eigenvalue weighted by Crippen LogP contribution is 2.23. The predicted molar refractivity (Wildman–Crippen MR) is 60.7 cm³/mol. The SMILES string of the molecule is NC(Cc1ccc(O)cc1O)C(=O)OOC(=O)CO. The fraction of sp³-hybridized carbons (Fsp3) is 0.273. The van der Waals surface area contributed by atoms with Gasteiger partial charge in [0.25, 0.3) is 0 Å². The molecule has 8 nitrogen and oxygen atoms in total. The van der Waals surface area contributed by atoms with Crippen molar-refractivity contribution in [1.82, 2.24) is 0 Å². The third-order valence-corrected chi connectivity index (χ3v) is 2.16. The van der Waals surface area contributed by atoms with Gasteiger partial charge in [-0.15, -0.1) is 0 Å². The zero-order valence-corrected chi connectivity index (χ0v) is 9.78. The van der Waals surface area contributed by atoms with E-state index in [-0.39, 0.29) is 17.9 Å². The van der Waals surface area contributed by atoms with Crippen molar-refractivity contribution in [2.75, 3.05) is 6.61 Å². The molecule has 8 heteroatoms. The smallest absolute Gasteiger partial charge is 0.380 e. The van der Waals surface area contributed by atoms with Gasteiger partial charge in [-0.3, -0.25) is 0 Å². The standard InChI is InChI=1S/C11H13NO7/c12-8(11(17)19-18-10(16)5-13)3-6-1-2-7(14)4-9(6)15/h1-2,4,8,13-15H,3,5,12H2. The normalized spacial score (nSPS) is 11.7. The summed E-state index contributed by atoms with van der Waals surface area (Å²) in [6.45, 7) is -0.929. The first-order valence-electron chi connectivity index (χ1n) is 5.22. The molecule has 0 spiro atoms. The van der Waals surface area contributed by atoms with Gasteiger partial charge in [-0.05, 0) is 11.6 Å². The van der Waals surface area contributed by atoms with Gasteiger partial charge in [0.15, 0.2) is 0 Å². The van der Waals surface area contributed by atoms with Crippen molar-refractivity contribution in [3.8, 4) is 11.5 Å². The average molecular weight is 271 g/mol. The molecule has 1 rings (SSSR count). The number of aliphatic hydroxyl groups excluding tert-OH is 1. The van der Waals surface area contributed by atoms with Gasteiger partial charge in [0, 0.05) is 12.5 Å². The maximum Gasteiger partial charge on any atom is 0.380 e. The Bertz CT molecular complexity index is 474. The van der Waals surface area contributed by atoms with E-state index in [0.717, 1.165) is 6.07 Å². The Labute approximate surface area is 107 Å². The van der Waals surface area contributed by atoms with Gasteiger partial charge in [0.2, 0.25) is 0 Å². The largest absolute Gasteiger partial charge is 0.508 e. The number of rotatable bonds is 4. The highest BCUT2D eigenvalue weighted by atomic mass is 17.2. The van der Waals surface area contributed by atoms with Crippen LogP contribution in [-0.4, -0.2) is 39.9 Å². The third-order valence-electron chi connectivity index (χ3n) is 2.16. The minimum absolute atomic E-state index is 0.0817. The lowest BCUT2D eigenvalue weighted by Gasteiger charge is -2.10. The van der Waals surface area contributed by atoms with E-state index in [4.69, 9.17) is 15.9 Å². The highest BCUT2D eigenvalue weighted by molar-refractivity contribution is 5.77. The van der Waals surface area contributed by atoms with E-state index in [0.29, 0.717) is 5.56 Å². The number of phenols is 2. The molecule has 0 aromatic heterocycles. The van der Waals surface area contributed by atoms with Gasteiger partial charge in [-0.25, -0.2) is 19.4 Å². The number of aromatic hydroxyl groups is 2. The number of hydrogen-bond donors (Lipinski definition) is 4. The Balaban J connectivity index is 2.56. The second kappa shape index (κ2) is 6.57. The molecule has 0 bridgehead atoms. The molecule has 1 atom stereocenters. The van der Waals surface area contributed by atoms with E-state index < -0.39 is 24.6 Å². The number of nitrogens with two attached hydrogens (primary N) is 1. The molecule has 0 radical (unpaired) electrons. The van der Waals surface area contributed by atoms with Gasteiger partial charge >= 0.3 is 11.9 Å². The summed E-state index contributed by atoms with van der Waals surface area (Å²) < 4.78 is 0. The first-order valence-corrected chi connectivity index (χ1v) is 5.22. The summed E-state index contributed by atoms with van der Waals surface area (Å²) in [6.07, 6.45) is -0.0817. The Morgan fingerprint density at radius 1 is 1.26 bits per heavy atom. The molecule has 104 valence electrons. The summed E-state index contributed by atoms with van der Waals surface area (Å²) >= 11 is 0. The lowest BCUT2D eigenvalue weighted by atomic mass is 10.1. The molecule has 0 amide bonds. The Morgan fingerprint density at radius 3 is 2.53 bits per heavy atom. The van der Waals surface area contributed by atoms with Crippen molar-refractivity contribution in [2.24, 2.45) is 5.73 Å². The molecular weight excluding hydrogens is 258 g/mol. The Kier molecular flexibility index (Phi) is 5.10. The topological polar surface area (TPSA) is 139 Å². The van der Waals surface area contributed by atoms with Crippen LogP contribution < -0.4 is 5.73 Å². The summed E-state index contributed by atoms with van der Waals surface area (Å²) in [7, 11) is 0. The van der Waals surface area contributed by atoms with E-state index in [1.807, 2.05) is 0 Å². The fourth-order valence-electron chi connectivity index (χ4n) is 1.22. The van der Waals surface area contributed by atoms with Crippen LogP contribution in [0.5, 0.6) is 11.5 Å². The van der Waals surface area contributed by atoms with Crippen LogP contribution >= 0.6 is 0 Å². The van der Waals surface area contributed by atoms with Crippen molar-refractivity contribution in [3.05, 3.63) is 23.8 Å². The van der Waals surface area contributed by atoms with E-state index in [1.165, 1.54) is 12.1 Å². The Morgan fingerprint density at radius 2 is 1.95 bits per heavy atom. The summed E-state index contributed by atoms with van der Waals surface area (Å²) in [5.41, 5.74) is 5.80. The van der Waals surface area contributed by atoms with Crippen LogP contribution in [0.4, 0.5) is 0 Å². The molecule has 0 aliphatic rings. The average Bonchev–Trinajstić information content (AvgIpc) is 2.38. The van der Waals surface area contributed by atoms with Crippen LogP contribution in [0.1, 0.15) is 5.56 Å². The van der Waals surface area contributed by atoms with Crippen LogP contribution in [0.2, 0.25) is 0 Å². The van der Waals surface area contributed by atoms with Crippen LogP contribution in [0.15, 0.2) is 18.2 Å². The molecule has 19 heavy (non-hydrogen) atoms. The molecule has 1 unspecified atom stereocenters. The maximum absolute atomic E-state index is 11.3. The molecule has 1 aromatic carbocycles. The zero-order chi connectivity index (χ0) is 14.4. The monoisotopic (exact) mass is 271 g/mol. The molecule has 0 aliphatic heterocycles. The molecule has 0 saturated carbocycles. The van der Waals surface area contributed by atoms with E-state index in [1.54, 1.807) is 0 Å². The molecule has 5 N–H and O–H groups in total. The molecule has 0 saturated heterocycles. The van der Waals surface area contributed by atoms with Gasteiger partial charge in [0.05, 0.1) is 0 Å². The quantitative estimate of drug-likeness (QED) is 0.402. The number of aliphatic hydroxyl groups is 1. The molecule has 1 aromatic rings. The van der Waals surface area contributed by atoms with Gasteiger partial charge in [-0.1, -0.05) is 6.07 Å². The minimum atomic E-state index is -1.18. The summed E-state index contributed by atoms with van der Waals surface area (Å²) in [4.78, 5) is 29.9. The summed E-state index contributed by atoms with van der Waals surface area (Å²) in [5.74, 6) is -2.52. The second-order valence-electron chi connectivity index (χ2n) is 3.64. The number of benzene rings is 1. The van der Waals surface area contributed by atoms with Crippen LogP contribution in [-0.2, 0) is 25.8 Å². The number of phenolic OH excluding ortho intramolecular Hbond substituents is 2. The number of carbonyl (C=O) groups excluding carboxylic acids is 2. The van der Waals surface area contributed by atoms with E-state index >= 15 is 0 Å². The third kappa shape index (κ3) is 4.45. The molecule has 0 fully saturated rings. The maximum atomic E-state index is 11.3. The van der Waals surface area contributed by atoms with Gasteiger partial charge < -0.3 is 21.1 Å². The first kappa shape index (κ1) is 14.7. The van der Waals surface area contributed by atoms with E-state index in [2.05, 4.69) is 9.78 Å². The minimum Gasteiger partial charge on any atom is -0.508 e. The van der Waals surface area contributed by atoms with Crippen molar-refractivity contribution in [3.63, 3.8) is 0 Å². The van der Waals surface area contributed by atoms with Crippen LogP contribution in [0.3, 0.4) is 0 Å². The predicted octanol–water partition coefficient (Wildman–Crippen LogP) is -1.04. The first-order chi connectivity index (χ1) is 8.93. The number of carbonyl (C=O) groups is 2. The van der Waals surface area contributed by atoms with Crippen molar-refractivity contribution >= 4 is 11.9 Å². The van der Waals surface area contributed by atoms with Crippen molar-refractivity contribution in [2.45, 2.75) is 12.5 Å². The summed E-state index contributed by atoms with van der Waals surface area (Å²) in [5, 5.41) is 26.9. The molecular formula is C11H13NO7. The van der Waals surface area contributed by atoms with Crippen LogP contribution in [0, 0.1) is 0 Å². The van der Waals surface area contributed by atoms with Crippen LogP contribution in [0.25, 0.3) is 0 Å². The number of hydrogen-bond acceptors (Lipinski definition) is 8. The van der Waals surface area contributed by atoms with Gasteiger partial charge in [0.1, 0.15) is 24.1 Å². The highest BCUT2D eigenvalue weighted by Gasteiger charge is 2.20. The zero-order valence-electron chi connectivity index (χ0n) is 9.78. The lowest BCUT2D eigenvalue weighted by Crippen LogP contribution is -2.35. The lowest BCUT2D eigenvalue weighted by molar-refractivity contribution is -0.261. The molecule has 0 heterocycles. The van der Waals surface area contributed by atoms with E-state index in [9.17, 15) is 14.7 Å². The second-order valence-corrected chi connectivity index (χ2v) is 3.64. The Hall–Kier alpha value is -2.32.